The van der Waals surface area contributed by atoms with Gasteiger partial charge in [-0.1, -0.05) is 60.2 Å². The second kappa shape index (κ2) is 14.4. The average Bonchev–Trinajstić information content (AvgIpc) is 3.21. The van der Waals surface area contributed by atoms with Crippen molar-refractivity contribution in [2.45, 2.75) is 53.5 Å². The van der Waals surface area contributed by atoms with Crippen molar-refractivity contribution < 1.29 is 29.3 Å². The van der Waals surface area contributed by atoms with Gasteiger partial charge in [0.25, 0.3) is 0 Å². The molecule has 7 nitrogen and oxygen atoms in total. The molecule has 0 saturated heterocycles. The second-order valence-electron chi connectivity index (χ2n) is 10.8. The molecule has 3 aromatic carbocycles. The maximum atomic E-state index is 11.7. The van der Waals surface area contributed by atoms with Crippen molar-refractivity contribution in [3.63, 3.8) is 0 Å². The average molecular weight is 582 g/mol. The molecule has 2 N–H and O–H groups in total. The van der Waals surface area contributed by atoms with Gasteiger partial charge in [-0.25, -0.2) is 0 Å². The molecule has 0 amide bonds. The van der Waals surface area contributed by atoms with Crippen molar-refractivity contribution in [1.82, 2.24) is 4.57 Å². The lowest BCUT2D eigenvalue weighted by Gasteiger charge is -2.11. The number of aryl methyl sites for hydroxylation is 4. The highest BCUT2D eigenvalue weighted by Gasteiger charge is 2.18. The van der Waals surface area contributed by atoms with Crippen LogP contribution in [0.4, 0.5) is 0 Å². The minimum Gasteiger partial charge on any atom is -0.490 e. The molecule has 0 saturated carbocycles. The van der Waals surface area contributed by atoms with E-state index < -0.39 is 11.9 Å². The maximum absolute atomic E-state index is 11.7. The van der Waals surface area contributed by atoms with Gasteiger partial charge in [-0.05, 0) is 92.6 Å². The molecule has 4 rings (SSSR count). The molecule has 0 radical (unpaired) electrons. The molecule has 0 aliphatic carbocycles. The molecule has 0 bridgehead atoms. The SMILES string of the molecule is Cc1cc(C)c(OC/C=C/COc2ccc(C=Cc3cccc4c(CCCC(=O)O)c(C)n(CC(=O)O)c34)cc2)c(C)c1. The van der Waals surface area contributed by atoms with Crippen molar-refractivity contribution >= 4 is 35.0 Å². The summed E-state index contributed by atoms with van der Waals surface area (Å²) in [5.74, 6) is -0.0771. The number of hydrogen-bond donors (Lipinski definition) is 2. The monoisotopic (exact) mass is 581 g/mol. The van der Waals surface area contributed by atoms with Crippen LogP contribution in [0.5, 0.6) is 11.5 Å². The van der Waals surface area contributed by atoms with Crippen LogP contribution in [0.25, 0.3) is 23.1 Å². The quantitative estimate of drug-likeness (QED) is 0.118. The van der Waals surface area contributed by atoms with Crippen LogP contribution in [-0.4, -0.2) is 39.9 Å². The van der Waals surface area contributed by atoms with Gasteiger partial charge in [0, 0.05) is 17.5 Å². The number of carbonyl (C=O) groups is 2. The van der Waals surface area contributed by atoms with Crippen molar-refractivity contribution in [2.75, 3.05) is 13.2 Å². The normalized spacial score (nSPS) is 11.5. The zero-order valence-corrected chi connectivity index (χ0v) is 25.2. The summed E-state index contributed by atoms with van der Waals surface area (Å²) in [6.07, 6.45) is 9.01. The fraction of sp³-hybridized carbons (Fsp3) is 0.278. The number of rotatable bonds is 14. The number of nitrogens with zero attached hydrogens (tertiary/aromatic N) is 1. The minimum atomic E-state index is -0.926. The zero-order valence-electron chi connectivity index (χ0n) is 25.2. The number of carboxylic acids is 2. The number of para-hydroxylation sites is 1. The van der Waals surface area contributed by atoms with Crippen LogP contribution in [0.15, 0.2) is 66.7 Å². The Balaban J connectivity index is 1.40. The molecule has 224 valence electrons. The molecule has 4 aromatic rings. The number of carboxylic acid groups (broad SMARTS) is 2. The Morgan fingerprint density at radius 1 is 0.837 bits per heavy atom. The summed E-state index contributed by atoms with van der Waals surface area (Å²) in [5.41, 5.74) is 8.06. The van der Waals surface area contributed by atoms with E-state index in [9.17, 15) is 14.7 Å². The minimum absolute atomic E-state index is 0.0719. The number of benzene rings is 3. The number of fused-ring (bicyclic) bond motifs is 1. The van der Waals surface area contributed by atoms with Gasteiger partial charge < -0.3 is 24.3 Å². The summed E-state index contributed by atoms with van der Waals surface area (Å²) in [7, 11) is 0. The highest BCUT2D eigenvalue weighted by atomic mass is 16.5. The van der Waals surface area contributed by atoms with Crippen LogP contribution >= 0.6 is 0 Å². The third-order valence-corrected chi connectivity index (χ3v) is 7.39. The summed E-state index contributed by atoms with van der Waals surface area (Å²) in [6, 6.07) is 17.9. The Labute approximate surface area is 252 Å². The van der Waals surface area contributed by atoms with E-state index >= 15 is 0 Å². The van der Waals surface area contributed by atoms with E-state index in [1.165, 1.54) is 5.56 Å². The van der Waals surface area contributed by atoms with Crippen LogP contribution in [0, 0.1) is 27.7 Å². The molecule has 0 fully saturated rings. The van der Waals surface area contributed by atoms with E-state index in [1.54, 1.807) is 0 Å². The standard InChI is InChI=1S/C36H39NO6/c1-24-21-25(2)36(26(3)22-24)43-20-6-5-19-42-30-17-14-28(15-18-30)13-16-29-9-7-11-32-31(10-8-12-33(38)39)27(4)37(35(29)32)23-34(40)41/h5-7,9,11,13-18,21-22H,8,10,12,19-20,23H2,1-4H3,(H,38,39)(H,40,41)/b6-5+,16-13?. The fourth-order valence-corrected chi connectivity index (χ4v) is 5.50. The van der Waals surface area contributed by atoms with Gasteiger partial charge in [0.05, 0.1) is 5.52 Å². The van der Waals surface area contributed by atoms with E-state index in [0.717, 1.165) is 55.9 Å². The molecule has 1 aromatic heterocycles. The molecule has 0 aliphatic rings. The number of aliphatic carboxylic acids is 2. The topological polar surface area (TPSA) is 98.0 Å². The highest BCUT2D eigenvalue weighted by molar-refractivity contribution is 5.95. The summed E-state index contributed by atoms with van der Waals surface area (Å²) in [6.45, 7) is 8.85. The third-order valence-electron chi connectivity index (χ3n) is 7.39. The first-order chi connectivity index (χ1) is 20.6. The highest BCUT2D eigenvalue weighted by Crippen LogP contribution is 2.31. The number of hydrogen-bond acceptors (Lipinski definition) is 4. The predicted octanol–water partition coefficient (Wildman–Crippen LogP) is 7.55. The molecule has 0 aliphatic heterocycles. The first-order valence-electron chi connectivity index (χ1n) is 14.4. The smallest absolute Gasteiger partial charge is 0.323 e. The molecule has 43 heavy (non-hydrogen) atoms. The lowest BCUT2D eigenvalue weighted by atomic mass is 10.0. The van der Waals surface area contributed by atoms with Gasteiger partial charge in [0.2, 0.25) is 0 Å². The van der Waals surface area contributed by atoms with E-state index in [2.05, 4.69) is 32.9 Å². The van der Waals surface area contributed by atoms with Crippen LogP contribution in [0.3, 0.4) is 0 Å². The summed E-state index contributed by atoms with van der Waals surface area (Å²) < 4.78 is 13.6. The van der Waals surface area contributed by atoms with Gasteiger partial charge in [0.15, 0.2) is 0 Å². The molecular formula is C36H39NO6. The van der Waals surface area contributed by atoms with E-state index in [-0.39, 0.29) is 13.0 Å². The van der Waals surface area contributed by atoms with E-state index in [4.69, 9.17) is 14.6 Å². The molecule has 0 spiro atoms. The predicted molar refractivity (Wildman–Crippen MR) is 171 cm³/mol. The second-order valence-corrected chi connectivity index (χ2v) is 10.8. The van der Waals surface area contributed by atoms with Gasteiger partial charge >= 0.3 is 11.9 Å². The molecule has 0 atom stereocenters. The molecule has 0 unspecified atom stereocenters. The zero-order chi connectivity index (χ0) is 30.9. The van der Waals surface area contributed by atoms with Crippen molar-refractivity contribution in [1.29, 1.82) is 0 Å². The third kappa shape index (κ3) is 8.16. The largest absolute Gasteiger partial charge is 0.490 e. The Hall–Kier alpha value is -4.78. The van der Waals surface area contributed by atoms with Gasteiger partial charge in [-0.3, -0.25) is 9.59 Å². The fourth-order valence-electron chi connectivity index (χ4n) is 5.50. The first-order valence-corrected chi connectivity index (χ1v) is 14.4. The van der Waals surface area contributed by atoms with Gasteiger partial charge in [0.1, 0.15) is 31.3 Å². The van der Waals surface area contributed by atoms with E-state index in [0.29, 0.717) is 26.1 Å². The Morgan fingerprint density at radius 3 is 2.16 bits per heavy atom. The van der Waals surface area contributed by atoms with Crippen LogP contribution < -0.4 is 9.47 Å². The Bertz CT molecular complexity index is 1640. The van der Waals surface area contributed by atoms with Crippen LogP contribution in [0.2, 0.25) is 0 Å². The summed E-state index contributed by atoms with van der Waals surface area (Å²) in [4.78, 5) is 22.7. The molecule has 1 heterocycles. The van der Waals surface area contributed by atoms with Crippen LogP contribution in [0.1, 0.15) is 51.9 Å². The van der Waals surface area contributed by atoms with Crippen LogP contribution in [-0.2, 0) is 22.6 Å². The van der Waals surface area contributed by atoms with Gasteiger partial charge in [-0.2, -0.15) is 0 Å². The van der Waals surface area contributed by atoms with Crippen molar-refractivity contribution in [2.24, 2.45) is 0 Å². The summed E-state index contributed by atoms with van der Waals surface area (Å²) >= 11 is 0. The summed E-state index contributed by atoms with van der Waals surface area (Å²) in [5, 5.41) is 19.6. The van der Waals surface area contributed by atoms with Crippen molar-refractivity contribution in [3.8, 4) is 11.5 Å². The number of aromatic nitrogens is 1. The molecular weight excluding hydrogens is 542 g/mol. The lowest BCUT2D eigenvalue weighted by Crippen LogP contribution is -2.10. The Kier molecular flexibility index (Phi) is 10.4. The maximum Gasteiger partial charge on any atom is 0.323 e. The molecule has 7 heteroatoms. The van der Waals surface area contributed by atoms with Crippen molar-refractivity contribution in [3.05, 3.63) is 106 Å². The number of ether oxygens (including phenoxy) is 2. The first kappa shape index (κ1) is 31.2. The van der Waals surface area contributed by atoms with Gasteiger partial charge in [-0.15, -0.1) is 0 Å². The van der Waals surface area contributed by atoms with E-state index in [1.807, 2.05) is 78.3 Å². The lowest BCUT2D eigenvalue weighted by molar-refractivity contribution is -0.138. The Morgan fingerprint density at radius 2 is 1.51 bits per heavy atom.